The number of ether oxygens (including phenoxy) is 1. The van der Waals surface area contributed by atoms with E-state index in [0.717, 1.165) is 25.7 Å². The molecule has 3 nitrogen and oxygen atoms in total. The molecule has 1 fully saturated rings. The Hall–Kier alpha value is -0.570. The summed E-state index contributed by atoms with van der Waals surface area (Å²) in [6, 6.07) is 0.202. The average Bonchev–Trinajstić information content (AvgIpc) is 2.05. The lowest BCUT2D eigenvalue weighted by Crippen LogP contribution is -2.32. The van der Waals surface area contributed by atoms with Crippen LogP contribution < -0.4 is 5.73 Å². The molecule has 0 aromatic rings. The number of rotatable bonds is 2. The monoisotopic (exact) mass is 171 g/mol. The smallest absolute Gasteiger partial charge is 0.308 e. The number of hydrogen-bond donors (Lipinski definition) is 1. The third kappa shape index (κ3) is 2.48. The number of hydrogen-bond acceptors (Lipinski definition) is 3. The van der Waals surface area contributed by atoms with Crippen LogP contribution in [-0.4, -0.2) is 18.6 Å². The molecule has 0 saturated heterocycles. The van der Waals surface area contributed by atoms with Crippen molar-refractivity contribution in [1.29, 1.82) is 0 Å². The summed E-state index contributed by atoms with van der Waals surface area (Å²) < 4.78 is 4.94. The van der Waals surface area contributed by atoms with Gasteiger partial charge in [0.05, 0.1) is 12.5 Å². The van der Waals surface area contributed by atoms with Gasteiger partial charge in [-0.05, 0) is 26.2 Å². The molecular weight excluding hydrogens is 154 g/mol. The molecule has 1 unspecified atom stereocenters. The lowest BCUT2D eigenvalue weighted by Gasteiger charge is -2.24. The quantitative estimate of drug-likeness (QED) is 0.632. The van der Waals surface area contributed by atoms with Crippen molar-refractivity contribution in [2.24, 2.45) is 11.7 Å². The first kappa shape index (κ1) is 9.52. The van der Waals surface area contributed by atoms with E-state index in [0.29, 0.717) is 6.61 Å². The maximum absolute atomic E-state index is 11.3. The van der Waals surface area contributed by atoms with Crippen LogP contribution in [0.5, 0.6) is 0 Å². The Morgan fingerprint density at radius 1 is 1.58 bits per heavy atom. The van der Waals surface area contributed by atoms with E-state index in [4.69, 9.17) is 10.5 Å². The van der Waals surface area contributed by atoms with Crippen LogP contribution in [0, 0.1) is 5.92 Å². The summed E-state index contributed by atoms with van der Waals surface area (Å²) in [5, 5.41) is 0. The summed E-state index contributed by atoms with van der Waals surface area (Å²) in [5.74, 6) is 0.00125. The molecule has 1 rings (SSSR count). The summed E-state index contributed by atoms with van der Waals surface area (Å²) in [7, 11) is 0. The van der Waals surface area contributed by atoms with Gasteiger partial charge in [0.1, 0.15) is 0 Å². The van der Waals surface area contributed by atoms with Crippen molar-refractivity contribution >= 4 is 5.97 Å². The Labute approximate surface area is 73.3 Å². The highest BCUT2D eigenvalue weighted by atomic mass is 16.5. The van der Waals surface area contributed by atoms with Crippen LogP contribution in [0.3, 0.4) is 0 Å². The second-order valence-corrected chi connectivity index (χ2v) is 3.38. The minimum atomic E-state index is -0.0624. The maximum atomic E-state index is 11.3. The van der Waals surface area contributed by atoms with E-state index in [9.17, 15) is 4.79 Å². The molecule has 3 heteroatoms. The predicted octanol–water partition coefficient (Wildman–Crippen LogP) is 1.07. The first-order valence-corrected chi connectivity index (χ1v) is 4.66. The Bertz CT molecular complexity index is 159. The van der Waals surface area contributed by atoms with Gasteiger partial charge in [-0.2, -0.15) is 0 Å². The fourth-order valence-electron chi connectivity index (χ4n) is 1.70. The summed E-state index contributed by atoms with van der Waals surface area (Å²) in [6.45, 7) is 2.31. The summed E-state index contributed by atoms with van der Waals surface area (Å²) in [5.41, 5.74) is 5.75. The minimum Gasteiger partial charge on any atom is -0.466 e. The fraction of sp³-hybridized carbons (Fsp3) is 0.889. The first-order valence-electron chi connectivity index (χ1n) is 4.66. The van der Waals surface area contributed by atoms with Crippen molar-refractivity contribution in [3.05, 3.63) is 0 Å². The molecule has 0 aromatic carbocycles. The molecule has 0 amide bonds. The number of nitrogens with two attached hydrogens (primary N) is 1. The zero-order valence-electron chi connectivity index (χ0n) is 7.58. The normalized spacial score (nSPS) is 29.8. The summed E-state index contributed by atoms with van der Waals surface area (Å²) in [4.78, 5) is 11.3. The van der Waals surface area contributed by atoms with Gasteiger partial charge in [0.2, 0.25) is 0 Å². The molecular formula is C9H17NO2. The van der Waals surface area contributed by atoms with Crippen molar-refractivity contribution in [3.63, 3.8) is 0 Å². The molecule has 0 aromatic heterocycles. The Morgan fingerprint density at radius 3 is 2.92 bits per heavy atom. The van der Waals surface area contributed by atoms with E-state index >= 15 is 0 Å². The first-order chi connectivity index (χ1) is 5.74. The van der Waals surface area contributed by atoms with Crippen molar-refractivity contribution in [2.75, 3.05) is 6.61 Å². The molecule has 70 valence electrons. The van der Waals surface area contributed by atoms with Gasteiger partial charge in [-0.1, -0.05) is 6.42 Å². The van der Waals surface area contributed by atoms with Crippen molar-refractivity contribution in [3.8, 4) is 0 Å². The van der Waals surface area contributed by atoms with Gasteiger partial charge >= 0.3 is 5.97 Å². The van der Waals surface area contributed by atoms with E-state index in [-0.39, 0.29) is 17.9 Å². The van der Waals surface area contributed by atoms with Gasteiger partial charge in [-0.25, -0.2) is 0 Å². The van der Waals surface area contributed by atoms with Gasteiger partial charge in [-0.15, -0.1) is 0 Å². The van der Waals surface area contributed by atoms with Gasteiger partial charge in [0.25, 0.3) is 0 Å². The molecule has 1 saturated carbocycles. The van der Waals surface area contributed by atoms with Crippen LogP contribution in [0.4, 0.5) is 0 Å². The Kier molecular flexibility index (Phi) is 3.53. The highest BCUT2D eigenvalue weighted by Crippen LogP contribution is 2.23. The van der Waals surface area contributed by atoms with Crippen LogP contribution in [0.25, 0.3) is 0 Å². The van der Waals surface area contributed by atoms with Gasteiger partial charge < -0.3 is 10.5 Å². The van der Waals surface area contributed by atoms with Gasteiger partial charge in [-0.3, -0.25) is 4.79 Å². The Morgan fingerprint density at radius 2 is 2.33 bits per heavy atom. The lowest BCUT2D eigenvalue weighted by molar-refractivity contribution is -0.149. The molecule has 0 bridgehead atoms. The van der Waals surface area contributed by atoms with E-state index in [2.05, 4.69) is 0 Å². The SMILES string of the molecule is CCOC(=O)C1CCC[C@H](N)C1. The number of esters is 1. The van der Waals surface area contributed by atoms with Crippen LogP contribution in [-0.2, 0) is 9.53 Å². The number of carbonyl (C=O) groups excluding carboxylic acids is 1. The molecule has 0 spiro atoms. The molecule has 12 heavy (non-hydrogen) atoms. The molecule has 0 heterocycles. The Balaban J connectivity index is 2.35. The highest BCUT2D eigenvalue weighted by molar-refractivity contribution is 5.72. The van der Waals surface area contributed by atoms with Gasteiger partial charge in [0, 0.05) is 6.04 Å². The predicted molar refractivity (Wildman–Crippen MR) is 46.6 cm³/mol. The van der Waals surface area contributed by atoms with Crippen molar-refractivity contribution in [1.82, 2.24) is 0 Å². The van der Waals surface area contributed by atoms with Crippen molar-refractivity contribution < 1.29 is 9.53 Å². The van der Waals surface area contributed by atoms with E-state index < -0.39 is 0 Å². The molecule has 2 N–H and O–H groups in total. The largest absolute Gasteiger partial charge is 0.466 e. The van der Waals surface area contributed by atoms with Crippen LogP contribution in [0.2, 0.25) is 0 Å². The van der Waals surface area contributed by atoms with Crippen LogP contribution in [0.1, 0.15) is 32.6 Å². The molecule has 1 aliphatic rings. The lowest BCUT2D eigenvalue weighted by atomic mass is 9.86. The highest BCUT2D eigenvalue weighted by Gasteiger charge is 2.25. The molecule has 0 aliphatic heterocycles. The minimum absolute atomic E-state index is 0.0624. The van der Waals surface area contributed by atoms with Crippen LogP contribution >= 0.6 is 0 Å². The molecule has 1 aliphatic carbocycles. The van der Waals surface area contributed by atoms with E-state index in [1.165, 1.54) is 0 Å². The zero-order valence-corrected chi connectivity index (χ0v) is 7.58. The van der Waals surface area contributed by atoms with Crippen LogP contribution in [0.15, 0.2) is 0 Å². The second kappa shape index (κ2) is 4.45. The molecule has 0 radical (unpaired) electrons. The van der Waals surface area contributed by atoms with E-state index in [1.807, 2.05) is 6.92 Å². The van der Waals surface area contributed by atoms with E-state index in [1.54, 1.807) is 0 Å². The maximum Gasteiger partial charge on any atom is 0.308 e. The second-order valence-electron chi connectivity index (χ2n) is 3.38. The summed E-state index contributed by atoms with van der Waals surface area (Å²) >= 11 is 0. The topological polar surface area (TPSA) is 52.3 Å². The molecule has 2 atom stereocenters. The zero-order chi connectivity index (χ0) is 8.97. The standard InChI is InChI=1S/C9H17NO2/c1-2-12-9(11)7-4-3-5-8(10)6-7/h7-8H,2-6,10H2,1H3/t7?,8-/m0/s1. The van der Waals surface area contributed by atoms with Crippen molar-refractivity contribution in [2.45, 2.75) is 38.6 Å². The fourth-order valence-corrected chi connectivity index (χ4v) is 1.70. The number of carbonyl (C=O) groups is 1. The van der Waals surface area contributed by atoms with Gasteiger partial charge in [0.15, 0.2) is 0 Å². The third-order valence-electron chi connectivity index (χ3n) is 2.33. The average molecular weight is 171 g/mol. The third-order valence-corrected chi connectivity index (χ3v) is 2.33. The summed E-state index contributed by atoms with van der Waals surface area (Å²) in [6.07, 6.45) is 3.87.